The Hall–Kier alpha value is -2.31. The van der Waals surface area contributed by atoms with E-state index in [4.69, 9.17) is 11.6 Å². The molecular formula is C17H14ClNO4S. The average Bonchev–Trinajstić information content (AvgIpc) is 3.05. The van der Waals surface area contributed by atoms with Gasteiger partial charge in [0.1, 0.15) is 5.75 Å². The number of carbonyl (C=O) groups excluding carboxylic acids is 1. The molecule has 0 saturated heterocycles. The first-order valence-electron chi connectivity index (χ1n) is 7.15. The van der Waals surface area contributed by atoms with Gasteiger partial charge in [0.15, 0.2) is 0 Å². The number of fused-ring (bicyclic) bond motifs is 1. The standard InChI is InChI=1S/C17H14ClNO4S/c1-8-3-6-13(24-8)17(23)19-9(2)10(7-14(21)22)15-11(19)4-5-12(20)16(15)18/h3-6,20H,7H2,1-2H3,(H,21,22). The zero-order chi connectivity index (χ0) is 17.6. The topological polar surface area (TPSA) is 79.5 Å². The molecule has 1 aromatic carbocycles. The van der Waals surface area contributed by atoms with E-state index in [1.165, 1.54) is 22.0 Å². The van der Waals surface area contributed by atoms with Crippen molar-refractivity contribution in [1.29, 1.82) is 0 Å². The van der Waals surface area contributed by atoms with Crippen molar-refractivity contribution >= 4 is 45.7 Å². The Bertz CT molecular complexity index is 986. The second-order valence-corrected chi connectivity index (χ2v) is 7.14. The third-order valence-electron chi connectivity index (χ3n) is 3.90. The van der Waals surface area contributed by atoms with Gasteiger partial charge < -0.3 is 10.2 Å². The van der Waals surface area contributed by atoms with Crippen LogP contribution in [-0.2, 0) is 11.2 Å². The SMILES string of the molecule is Cc1ccc(C(=O)n2c(C)c(CC(=O)O)c3c(Cl)c(O)ccc32)s1. The number of aryl methyl sites for hydroxylation is 1. The number of carbonyl (C=O) groups is 2. The first kappa shape index (κ1) is 16.5. The lowest BCUT2D eigenvalue weighted by molar-refractivity contribution is -0.136. The molecule has 2 heterocycles. The van der Waals surface area contributed by atoms with E-state index in [0.29, 0.717) is 27.0 Å². The number of hydrogen-bond acceptors (Lipinski definition) is 4. The molecule has 0 aliphatic heterocycles. The van der Waals surface area contributed by atoms with Gasteiger partial charge >= 0.3 is 5.97 Å². The maximum atomic E-state index is 12.9. The molecular weight excluding hydrogens is 350 g/mol. The number of thiophene rings is 1. The van der Waals surface area contributed by atoms with E-state index in [9.17, 15) is 19.8 Å². The molecule has 124 valence electrons. The van der Waals surface area contributed by atoms with Crippen LogP contribution in [-0.4, -0.2) is 26.7 Å². The zero-order valence-electron chi connectivity index (χ0n) is 13.0. The fourth-order valence-electron chi connectivity index (χ4n) is 2.81. The Morgan fingerprint density at radius 1 is 1.21 bits per heavy atom. The van der Waals surface area contributed by atoms with Crippen LogP contribution in [0.5, 0.6) is 5.75 Å². The Balaban J connectivity index is 2.32. The number of carboxylic acids is 1. The number of hydrogen-bond donors (Lipinski definition) is 2. The van der Waals surface area contributed by atoms with Gasteiger partial charge in [0, 0.05) is 16.0 Å². The van der Waals surface area contributed by atoms with Gasteiger partial charge in [-0.3, -0.25) is 14.2 Å². The van der Waals surface area contributed by atoms with Crippen molar-refractivity contribution in [3.63, 3.8) is 0 Å². The number of phenols is 1. The van der Waals surface area contributed by atoms with Gasteiger partial charge in [-0.25, -0.2) is 0 Å². The first-order chi connectivity index (χ1) is 11.3. The molecule has 5 nitrogen and oxygen atoms in total. The first-order valence-corrected chi connectivity index (χ1v) is 8.35. The molecule has 0 aliphatic rings. The van der Waals surface area contributed by atoms with E-state index < -0.39 is 5.97 Å². The fourth-order valence-corrected chi connectivity index (χ4v) is 3.89. The van der Waals surface area contributed by atoms with Crippen molar-refractivity contribution in [3.8, 4) is 5.75 Å². The number of benzene rings is 1. The summed E-state index contributed by atoms with van der Waals surface area (Å²) in [5.41, 5.74) is 1.43. The van der Waals surface area contributed by atoms with Crippen molar-refractivity contribution in [2.24, 2.45) is 0 Å². The monoisotopic (exact) mass is 363 g/mol. The molecule has 3 rings (SSSR count). The predicted octanol–water partition coefficient (Wildman–Crippen LogP) is 3.99. The fraction of sp³-hybridized carbons (Fsp3) is 0.176. The molecule has 2 N–H and O–H groups in total. The van der Waals surface area contributed by atoms with Crippen LogP contribution in [0.3, 0.4) is 0 Å². The molecule has 0 spiro atoms. The molecule has 0 aliphatic carbocycles. The Morgan fingerprint density at radius 3 is 2.50 bits per heavy atom. The van der Waals surface area contributed by atoms with Crippen LogP contribution in [0.15, 0.2) is 24.3 Å². The number of nitrogens with zero attached hydrogens (tertiary/aromatic N) is 1. The van der Waals surface area contributed by atoms with Gasteiger partial charge in [-0.05, 0) is 43.7 Å². The van der Waals surface area contributed by atoms with Gasteiger partial charge in [-0.1, -0.05) is 11.6 Å². The summed E-state index contributed by atoms with van der Waals surface area (Å²) in [6.07, 6.45) is -0.282. The minimum absolute atomic E-state index is 0.0563. The van der Waals surface area contributed by atoms with E-state index in [0.717, 1.165) is 4.88 Å². The van der Waals surface area contributed by atoms with Crippen molar-refractivity contribution < 1.29 is 19.8 Å². The maximum Gasteiger partial charge on any atom is 0.307 e. The minimum Gasteiger partial charge on any atom is -0.506 e. The summed E-state index contributed by atoms with van der Waals surface area (Å²) in [6.45, 7) is 3.59. The molecule has 0 saturated carbocycles. The second-order valence-electron chi connectivity index (χ2n) is 5.48. The third-order valence-corrected chi connectivity index (χ3v) is 5.27. The summed E-state index contributed by atoms with van der Waals surface area (Å²) >= 11 is 7.56. The highest BCUT2D eigenvalue weighted by Crippen LogP contribution is 2.38. The molecule has 0 unspecified atom stereocenters. The summed E-state index contributed by atoms with van der Waals surface area (Å²) in [4.78, 5) is 25.7. The number of aromatic hydroxyl groups is 1. The largest absolute Gasteiger partial charge is 0.506 e. The molecule has 0 fully saturated rings. The van der Waals surface area contributed by atoms with Gasteiger partial charge in [-0.2, -0.15) is 0 Å². The Kier molecular flexibility index (Phi) is 4.11. The lowest BCUT2D eigenvalue weighted by Crippen LogP contribution is -2.12. The molecule has 0 bridgehead atoms. The summed E-state index contributed by atoms with van der Waals surface area (Å²) in [7, 11) is 0. The number of phenolic OH excluding ortho intramolecular Hbond substituents is 1. The highest BCUT2D eigenvalue weighted by Gasteiger charge is 2.24. The van der Waals surface area contributed by atoms with Crippen molar-refractivity contribution in [1.82, 2.24) is 4.57 Å². The summed E-state index contributed by atoms with van der Waals surface area (Å²) in [6, 6.07) is 6.58. The quantitative estimate of drug-likeness (QED) is 0.737. The predicted molar refractivity (Wildman–Crippen MR) is 93.5 cm³/mol. The van der Waals surface area contributed by atoms with E-state index in [1.54, 1.807) is 19.1 Å². The maximum absolute atomic E-state index is 12.9. The molecule has 0 radical (unpaired) electrons. The van der Waals surface area contributed by atoms with Crippen LogP contribution in [0, 0.1) is 13.8 Å². The molecule has 3 aromatic rings. The van der Waals surface area contributed by atoms with Crippen LogP contribution in [0.1, 0.15) is 25.8 Å². The highest BCUT2D eigenvalue weighted by atomic mass is 35.5. The number of aliphatic carboxylic acids is 1. The minimum atomic E-state index is -1.03. The van der Waals surface area contributed by atoms with Crippen molar-refractivity contribution in [3.05, 3.63) is 50.3 Å². The smallest absolute Gasteiger partial charge is 0.307 e. The van der Waals surface area contributed by atoms with E-state index in [2.05, 4.69) is 0 Å². The second kappa shape index (κ2) is 5.96. The number of carboxylic acid groups (broad SMARTS) is 1. The third kappa shape index (κ3) is 2.57. The molecule has 7 heteroatoms. The normalized spacial score (nSPS) is 11.1. The van der Waals surface area contributed by atoms with Gasteiger partial charge in [0.05, 0.1) is 21.8 Å². The Morgan fingerprint density at radius 2 is 1.92 bits per heavy atom. The molecule has 24 heavy (non-hydrogen) atoms. The van der Waals surface area contributed by atoms with Gasteiger partial charge in [-0.15, -0.1) is 11.3 Å². The number of rotatable bonds is 3. The zero-order valence-corrected chi connectivity index (χ0v) is 14.5. The lowest BCUT2D eigenvalue weighted by Gasteiger charge is -2.06. The number of aromatic nitrogens is 1. The average molecular weight is 364 g/mol. The Labute approximate surface area is 146 Å². The van der Waals surface area contributed by atoms with Crippen LogP contribution < -0.4 is 0 Å². The highest BCUT2D eigenvalue weighted by molar-refractivity contribution is 7.14. The molecule has 0 amide bonds. The lowest BCUT2D eigenvalue weighted by atomic mass is 10.1. The van der Waals surface area contributed by atoms with Crippen LogP contribution in [0.25, 0.3) is 10.9 Å². The van der Waals surface area contributed by atoms with Crippen molar-refractivity contribution in [2.45, 2.75) is 20.3 Å². The van der Waals surface area contributed by atoms with Crippen LogP contribution >= 0.6 is 22.9 Å². The van der Waals surface area contributed by atoms with E-state index >= 15 is 0 Å². The summed E-state index contributed by atoms with van der Waals surface area (Å²) in [5.74, 6) is -1.42. The van der Waals surface area contributed by atoms with Crippen LogP contribution in [0.4, 0.5) is 0 Å². The van der Waals surface area contributed by atoms with E-state index in [1.807, 2.05) is 13.0 Å². The summed E-state index contributed by atoms with van der Waals surface area (Å²) < 4.78 is 1.46. The summed E-state index contributed by atoms with van der Waals surface area (Å²) in [5, 5.41) is 19.5. The molecule has 0 atom stereocenters. The van der Waals surface area contributed by atoms with E-state index in [-0.39, 0.29) is 23.1 Å². The van der Waals surface area contributed by atoms with Crippen molar-refractivity contribution in [2.75, 3.05) is 0 Å². The molecule has 2 aromatic heterocycles. The number of halogens is 1. The van der Waals surface area contributed by atoms with Gasteiger partial charge in [0.25, 0.3) is 5.91 Å². The van der Waals surface area contributed by atoms with Gasteiger partial charge in [0.2, 0.25) is 0 Å². The van der Waals surface area contributed by atoms with Crippen LogP contribution in [0.2, 0.25) is 5.02 Å².